The van der Waals surface area contributed by atoms with Gasteiger partial charge in [0.15, 0.2) is 5.16 Å². The van der Waals surface area contributed by atoms with Gasteiger partial charge in [0.2, 0.25) is 5.91 Å². The predicted octanol–water partition coefficient (Wildman–Crippen LogP) is 2.31. The highest BCUT2D eigenvalue weighted by atomic mass is 32.2. The third-order valence-electron chi connectivity index (χ3n) is 2.48. The number of nitrogens with one attached hydrogen (secondary N) is 1. The Hall–Kier alpha value is -1.96. The van der Waals surface area contributed by atoms with Crippen LogP contribution in [0.3, 0.4) is 0 Å². The van der Waals surface area contributed by atoms with Gasteiger partial charge in [0.1, 0.15) is 23.6 Å². The molecule has 0 bridgehead atoms. The fourth-order valence-corrected chi connectivity index (χ4v) is 2.28. The second-order valence-corrected chi connectivity index (χ2v) is 4.78. The van der Waals surface area contributed by atoms with E-state index in [9.17, 15) is 13.6 Å². The van der Waals surface area contributed by atoms with Gasteiger partial charge in [0, 0.05) is 6.54 Å². The molecule has 0 aliphatic heterocycles. The van der Waals surface area contributed by atoms with Crippen molar-refractivity contribution in [3.05, 3.63) is 36.2 Å². The Bertz CT molecular complexity index is 597. The highest BCUT2D eigenvalue weighted by Gasteiger charge is 2.13. The SMILES string of the molecule is CCn1cnnc1SCC(=O)Nc1c(F)cccc1F. The van der Waals surface area contributed by atoms with E-state index < -0.39 is 23.2 Å². The van der Waals surface area contributed by atoms with E-state index in [0.717, 1.165) is 23.9 Å². The molecule has 106 valence electrons. The molecule has 2 rings (SSSR count). The maximum Gasteiger partial charge on any atom is 0.235 e. The minimum atomic E-state index is -0.805. The molecule has 5 nitrogen and oxygen atoms in total. The highest BCUT2D eigenvalue weighted by Crippen LogP contribution is 2.19. The first-order valence-corrected chi connectivity index (χ1v) is 6.85. The molecule has 1 N–H and O–H groups in total. The maximum atomic E-state index is 13.4. The van der Waals surface area contributed by atoms with Crippen LogP contribution in [0.15, 0.2) is 29.7 Å². The Kier molecular flexibility index (Phi) is 4.67. The summed E-state index contributed by atoms with van der Waals surface area (Å²) in [6.45, 7) is 2.60. The van der Waals surface area contributed by atoms with Gasteiger partial charge in [0.25, 0.3) is 0 Å². The summed E-state index contributed by atoms with van der Waals surface area (Å²) in [5.41, 5.74) is -0.435. The minimum Gasteiger partial charge on any atom is -0.320 e. The number of rotatable bonds is 5. The first kappa shape index (κ1) is 14.4. The molecule has 0 saturated carbocycles. The van der Waals surface area contributed by atoms with Crippen molar-refractivity contribution in [2.45, 2.75) is 18.6 Å². The molecule has 0 aliphatic rings. The van der Waals surface area contributed by atoms with Crippen LogP contribution < -0.4 is 5.32 Å². The van der Waals surface area contributed by atoms with Crippen molar-refractivity contribution >= 4 is 23.4 Å². The summed E-state index contributed by atoms with van der Waals surface area (Å²) in [6.07, 6.45) is 1.55. The van der Waals surface area contributed by atoms with Crippen LogP contribution in [0.25, 0.3) is 0 Å². The molecule has 0 atom stereocenters. The number of para-hydroxylation sites is 1. The third-order valence-corrected chi connectivity index (χ3v) is 3.46. The lowest BCUT2D eigenvalue weighted by Crippen LogP contribution is -2.16. The molecule has 1 aromatic carbocycles. The first-order chi connectivity index (χ1) is 9.61. The smallest absolute Gasteiger partial charge is 0.235 e. The van der Waals surface area contributed by atoms with Gasteiger partial charge < -0.3 is 9.88 Å². The number of aromatic nitrogens is 3. The van der Waals surface area contributed by atoms with Crippen LogP contribution in [0.4, 0.5) is 14.5 Å². The van der Waals surface area contributed by atoms with Crippen molar-refractivity contribution in [1.29, 1.82) is 0 Å². The summed E-state index contributed by atoms with van der Waals surface area (Å²) >= 11 is 1.15. The van der Waals surface area contributed by atoms with E-state index in [-0.39, 0.29) is 5.75 Å². The molecular weight excluding hydrogens is 286 g/mol. The van der Waals surface area contributed by atoms with Gasteiger partial charge in [-0.1, -0.05) is 17.8 Å². The van der Waals surface area contributed by atoms with Gasteiger partial charge >= 0.3 is 0 Å². The lowest BCUT2D eigenvalue weighted by atomic mass is 10.3. The molecule has 0 unspecified atom stereocenters. The van der Waals surface area contributed by atoms with E-state index in [2.05, 4.69) is 15.5 Å². The zero-order chi connectivity index (χ0) is 14.5. The molecule has 0 spiro atoms. The van der Waals surface area contributed by atoms with Gasteiger partial charge in [-0.3, -0.25) is 4.79 Å². The number of hydrogen-bond donors (Lipinski definition) is 1. The van der Waals surface area contributed by atoms with Gasteiger partial charge in [0.05, 0.1) is 5.75 Å². The summed E-state index contributed by atoms with van der Waals surface area (Å²) < 4.78 is 28.5. The fourth-order valence-electron chi connectivity index (χ4n) is 1.50. The number of hydrogen-bond acceptors (Lipinski definition) is 4. The fraction of sp³-hybridized carbons (Fsp3) is 0.250. The Morgan fingerprint density at radius 1 is 1.40 bits per heavy atom. The van der Waals surface area contributed by atoms with E-state index in [4.69, 9.17) is 0 Å². The second kappa shape index (κ2) is 6.47. The first-order valence-electron chi connectivity index (χ1n) is 5.86. The average Bonchev–Trinajstić information content (AvgIpc) is 2.88. The predicted molar refractivity (Wildman–Crippen MR) is 71.4 cm³/mol. The van der Waals surface area contributed by atoms with Crippen LogP contribution in [0.2, 0.25) is 0 Å². The molecule has 0 aliphatic carbocycles. The van der Waals surface area contributed by atoms with E-state index in [1.165, 1.54) is 6.07 Å². The number of nitrogens with zero attached hydrogens (tertiary/aromatic N) is 3. The number of carbonyl (C=O) groups excluding carboxylic acids is 1. The Labute approximate surface area is 118 Å². The number of aryl methyl sites for hydroxylation is 1. The number of anilines is 1. The van der Waals surface area contributed by atoms with Gasteiger partial charge in [-0.15, -0.1) is 10.2 Å². The molecule has 1 heterocycles. The maximum absolute atomic E-state index is 13.4. The molecule has 1 aromatic heterocycles. The topological polar surface area (TPSA) is 59.8 Å². The van der Waals surface area contributed by atoms with Crippen LogP contribution in [0, 0.1) is 11.6 Å². The number of benzene rings is 1. The van der Waals surface area contributed by atoms with Crippen molar-refractivity contribution < 1.29 is 13.6 Å². The van der Waals surface area contributed by atoms with Crippen LogP contribution in [0.5, 0.6) is 0 Å². The van der Waals surface area contributed by atoms with Crippen LogP contribution in [-0.2, 0) is 11.3 Å². The van der Waals surface area contributed by atoms with E-state index >= 15 is 0 Å². The minimum absolute atomic E-state index is 0.00747. The molecule has 1 amide bonds. The largest absolute Gasteiger partial charge is 0.320 e. The van der Waals surface area contributed by atoms with Crippen molar-refractivity contribution in [3.63, 3.8) is 0 Å². The zero-order valence-electron chi connectivity index (χ0n) is 10.6. The summed E-state index contributed by atoms with van der Waals surface area (Å²) in [5.74, 6) is -2.13. The van der Waals surface area contributed by atoms with Gasteiger partial charge in [-0.2, -0.15) is 0 Å². The van der Waals surface area contributed by atoms with Crippen molar-refractivity contribution in [3.8, 4) is 0 Å². The van der Waals surface area contributed by atoms with Gasteiger partial charge in [-0.25, -0.2) is 8.78 Å². The molecule has 20 heavy (non-hydrogen) atoms. The lowest BCUT2D eigenvalue weighted by molar-refractivity contribution is -0.113. The Balaban J connectivity index is 1.96. The van der Waals surface area contributed by atoms with Gasteiger partial charge in [-0.05, 0) is 19.1 Å². The second-order valence-electron chi connectivity index (χ2n) is 3.83. The standard InChI is InChI=1S/C12H12F2N4OS/c1-2-18-7-15-17-12(18)20-6-10(19)16-11-8(13)4-3-5-9(11)14/h3-5,7H,2,6H2,1H3,(H,16,19). The lowest BCUT2D eigenvalue weighted by Gasteiger charge is -2.07. The molecule has 0 fully saturated rings. The summed E-state index contributed by atoms with van der Waals surface area (Å²) in [6, 6.07) is 3.40. The van der Waals surface area contributed by atoms with E-state index in [1.807, 2.05) is 6.92 Å². The Morgan fingerprint density at radius 2 is 2.10 bits per heavy atom. The number of halogens is 2. The normalized spacial score (nSPS) is 10.6. The van der Waals surface area contributed by atoms with Crippen molar-refractivity contribution in [2.75, 3.05) is 11.1 Å². The average molecular weight is 298 g/mol. The molecule has 0 saturated heterocycles. The Morgan fingerprint density at radius 3 is 2.75 bits per heavy atom. The summed E-state index contributed by atoms with van der Waals surface area (Å²) in [5, 5.41) is 10.4. The highest BCUT2D eigenvalue weighted by molar-refractivity contribution is 7.99. The third kappa shape index (κ3) is 3.32. The zero-order valence-corrected chi connectivity index (χ0v) is 11.5. The van der Waals surface area contributed by atoms with Crippen LogP contribution in [0.1, 0.15) is 6.92 Å². The quantitative estimate of drug-likeness (QED) is 0.861. The number of carbonyl (C=O) groups is 1. The molecule has 2 aromatic rings. The van der Waals surface area contributed by atoms with Crippen LogP contribution in [-0.4, -0.2) is 26.4 Å². The van der Waals surface area contributed by atoms with E-state index in [1.54, 1.807) is 10.9 Å². The van der Waals surface area contributed by atoms with Crippen molar-refractivity contribution in [2.24, 2.45) is 0 Å². The van der Waals surface area contributed by atoms with E-state index in [0.29, 0.717) is 11.7 Å². The number of thioether (sulfide) groups is 1. The molecule has 8 heteroatoms. The summed E-state index contributed by atoms with van der Waals surface area (Å²) in [7, 11) is 0. The van der Waals surface area contributed by atoms with Crippen molar-refractivity contribution in [1.82, 2.24) is 14.8 Å². The summed E-state index contributed by atoms with van der Waals surface area (Å²) in [4.78, 5) is 11.7. The monoisotopic (exact) mass is 298 g/mol. The molecular formula is C12H12F2N4OS. The number of amides is 1. The van der Waals surface area contributed by atoms with Crippen LogP contribution >= 0.6 is 11.8 Å². The molecule has 0 radical (unpaired) electrons.